The Balaban J connectivity index is 2.28. The first-order valence-corrected chi connectivity index (χ1v) is 6.60. The lowest BCUT2D eigenvalue weighted by molar-refractivity contribution is 1.17. The molecule has 2 aromatic carbocycles. The molecule has 18 heavy (non-hydrogen) atoms. The quantitative estimate of drug-likeness (QED) is 0.686. The number of hydrogen-bond acceptors (Lipinski definition) is 3. The fourth-order valence-electron chi connectivity index (χ4n) is 1.93. The maximum atomic E-state index is 5.84. The van der Waals surface area contributed by atoms with Crippen molar-refractivity contribution in [1.29, 1.82) is 0 Å². The van der Waals surface area contributed by atoms with Gasteiger partial charge in [-0.3, -0.25) is 0 Å². The van der Waals surface area contributed by atoms with Crippen LogP contribution in [0.25, 0.3) is 22.2 Å². The average molecular weight is 347 g/mol. The molecule has 0 unspecified atom stereocenters. The predicted octanol–water partition coefficient (Wildman–Crippen LogP) is 3.48. The van der Waals surface area contributed by atoms with Crippen LogP contribution in [0, 0.1) is 3.57 Å². The largest absolute Gasteiger partial charge is 0.383 e. The molecule has 0 aliphatic rings. The Morgan fingerprint density at radius 2 is 1.78 bits per heavy atom. The van der Waals surface area contributed by atoms with Crippen molar-refractivity contribution in [1.82, 2.24) is 9.97 Å². The molecule has 0 saturated heterocycles. The summed E-state index contributed by atoms with van der Waals surface area (Å²) in [4.78, 5) is 8.71. The van der Waals surface area contributed by atoms with Crippen LogP contribution in [0.5, 0.6) is 0 Å². The molecule has 0 aliphatic carbocycles. The number of anilines is 1. The third-order valence-electron chi connectivity index (χ3n) is 2.80. The molecule has 3 nitrogen and oxygen atoms in total. The summed E-state index contributed by atoms with van der Waals surface area (Å²) in [6, 6.07) is 14.3. The van der Waals surface area contributed by atoms with Crippen LogP contribution < -0.4 is 5.73 Å². The normalized spacial score (nSPS) is 10.7. The molecule has 4 heteroatoms. The summed E-state index contributed by atoms with van der Waals surface area (Å²) in [5, 5.41) is 2.32. The van der Waals surface area contributed by atoms with E-state index in [1.807, 2.05) is 24.3 Å². The molecule has 1 aromatic heterocycles. The monoisotopic (exact) mass is 347 g/mol. The Morgan fingerprint density at radius 1 is 1.00 bits per heavy atom. The van der Waals surface area contributed by atoms with Gasteiger partial charge in [0.25, 0.3) is 0 Å². The molecule has 0 amide bonds. The summed E-state index contributed by atoms with van der Waals surface area (Å²) in [6.45, 7) is 0. The van der Waals surface area contributed by atoms with Gasteiger partial charge in [-0.1, -0.05) is 42.5 Å². The van der Waals surface area contributed by atoms with E-state index in [1.54, 1.807) is 6.20 Å². The number of hydrogen-bond donors (Lipinski definition) is 1. The van der Waals surface area contributed by atoms with Crippen molar-refractivity contribution >= 4 is 39.2 Å². The summed E-state index contributed by atoms with van der Waals surface area (Å²) in [7, 11) is 0. The molecule has 88 valence electrons. The first-order chi connectivity index (χ1) is 8.75. The van der Waals surface area contributed by atoms with E-state index in [0.29, 0.717) is 11.6 Å². The summed E-state index contributed by atoms with van der Waals surface area (Å²) >= 11 is 2.13. The van der Waals surface area contributed by atoms with E-state index in [9.17, 15) is 0 Å². The molecule has 0 aliphatic heterocycles. The minimum Gasteiger partial charge on any atom is -0.383 e. The second kappa shape index (κ2) is 4.53. The van der Waals surface area contributed by atoms with Crippen LogP contribution in [0.4, 0.5) is 5.82 Å². The SMILES string of the molecule is Nc1nc(-c2cccc3ccccc23)ncc1I. The molecular weight excluding hydrogens is 337 g/mol. The first-order valence-electron chi connectivity index (χ1n) is 5.52. The van der Waals surface area contributed by atoms with Crippen LogP contribution >= 0.6 is 22.6 Å². The fraction of sp³-hybridized carbons (Fsp3) is 0. The van der Waals surface area contributed by atoms with Gasteiger partial charge in [-0.05, 0) is 33.4 Å². The predicted molar refractivity (Wildman–Crippen MR) is 82.1 cm³/mol. The lowest BCUT2D eigenvalue weighted by Gasteiger charge is -2.06. The summed E-state index contributed by atoms with van der Waals surface area (Å²) in [5.74, 6) is 1.19. The Labute approximate surface area is 118 Å². The fourth-order valence-corrected chi connectivity index (χ4v) is 2.19. The van der Waals surface area contributed by atoms with Gasteiger partial charge in [0.05, 0.1) is 3.57 Å². The van der Waals surface area contributed by atoms with Crippen LogP contribution in [0.3, 0.4) is 0 Å². The van der Waals surface area contributed by atoms with Gasteiger partial charge in [0.2, 0.25) is 0 Å². The van der Waals surface area contributed by atoms with Gasteiger partial charge in [-0.15, -0.1) is 0 Å². The summed E-state index contributed by atoms with van der Waals surface area (Å²) in [5.41, 5.74) is 6.85. The number of halogens is 1. The molecular formula is C14H10IN3. The number of nitrogen functional groups attached to an aromatic ring is 1. The van der Waals surface area contributed by atoms with Crippen molar-refractivity contribution in [3.63, 3.8) is 0 Å². The molecule has 3 rings (SSSR count). The molecule has 1 heterocycles. The molecule has 0 atom stereocenters. The lowest BCUT2D eigenvalue weighted by atomic mass is 10.0. The van der Waals surface area contributed by atoms with E-state index in [2.05, 4.69) is 50.8 Å². The highest BCUT2D eigenvalue weighted by Crippen LogP contribution is 2.26. The van der Waals surface area contributed by atoms with Crippen molar-refractivity contribution in [3.8, 4) is 11.4 Å². The number of fused-ring (bicyclic) bond motifs is 1. The van der Waals surface area contributed by atoms with Gasteiger partial charge >= 0.3 is 0 Å². The Kier molecular flexibility index (Phi) is 2.87. The topological polar surface area (TPSA) is 51.8 Å². The number of benzene rings is 2. The standard InChI is InChI=1S/C14H10IN3/c15-12-8-17-14(18-13(12)16)11-7-3-5-9-4-1-2-6-10(9)11/h1-8H,(H2,16,17,18). The Hall–Kier alpha value is -1.69. The highest BCUT2D eigenvalue weighted by atomic mass is 127. The maximum absolute atomic E-state index is 5.84. The van der Waals surface area contributed by atoms with Crippen molar-refractivity contribution in [3.05, 3.63) is 52.2 Å². The number of aromatic nitrogens is 2. The van der Waals surface area contributed by atoms with E-state index >= 15 is 0 Å². The highest BCUT2D eigenvalue weighted by molar-refractivity contribution is 14.1. The smallest absolute Gasteiger partial charge is 0.162 e. The number of nitrogens with two attached hydrogens (primary N) is 1. The minimum absolute atomic E-state index is 0.522. The molecule has 0 bridgehead atoms. The van der Waals surface area contributed by atoms with Crippen LogP contribution in [-0.4, -0.2) is 9.97 Å². The minimum atomic E-state index is 0.522. The zero-order chi connectivity index (χ0) is 12.5. The van der Waals surface area contributed by atoms with Crippen LogP contribution in [0.2, 0.25) is 0 Å². The van der Waals surface area contributed by atoms with Gasteiger partial charge in [0, 0.05) is 11.8 Å². The third kappa shape index (κ3) is 1.92. The average Bonchev–Trinajstić information content (AvgIpc) is 2.41. The Morgan fingerprint density at radius 3 is 2.61 bits per heavy atom. The second-order valence-electron chi connectivity index (χ2n) is 3.95. The van der Waals surface area contributed by atoms with E-state index < -0.39 is 0 Å². The van der Waals surface area contributed by atoms with E-state index in [1.165, 1.54) is 5.39 Å². The molecule has 3 aromatic rings. The van der Waals surface area contributed by atoms with Crippen LogP contribution in [0.1, 0.15) is 0 Å². The molecule has 2 N–H and O–H groups in total. The zero-order valence-corrected chi connectivity index (χ0v) is 11.6. The second-order valence-corrected chi connectivity index (χ2v) is 5.12. The van der Waals surface area contributed by atoms with Crippen molar-refractivity contribution in [2.24, 2.45) is 0 Å². The van der Waals surface area contributed by atoms with Crippen molar-refractivity contribution < 1.29 is 0 Å². The van der Waals surface area contributed by atoms with Gasteiger partial charge in [-0.25, -0.2) is 9.97 Å². The van der Waals surface area contributed by atoms with Crippen LogP contribution in [-0.2, 0) is 0 Å². The van der Waals surface area contributed by atoms with E-state index in [0.717, 1.165) is 14.5 Å². The third-order valence-corrected chi connectivity index (χ3v) is 3.63. The summed E-state index contributed by atoms with van der Waals surface area (Å²) < 4.78 is 0.872. The summed E-state index contributed by atoms with van der Waals surface area (Å²) in [6.07, 6.45) is 1.75. The Bertz CT molecular complexity index is 720. The van der Waals surface area contributed by atoms with E-state index in [-0.39, 0.29) is 0 Å². The number of rotatable bonds is 1. The van der Waals surface area contributed by atoms with Crippen molar-refractivity contribution in [2.45, 2.75) is 0 Å². The molecule has 0 spiro atoms. The van der Waals surface area contributed by atoms with Gasteiger partial charge < -0.3 is 5.73 Å². The zero-order valence-electron chi connectivity index (χ0n) is 9.47. The maximum Gasteiger partial charge on any atom is 0.162 e. The van der Waals surface area contributed by atoms with Crippen molar-refractivity contribution in [2.75, 3.05) is 5.73 Å². The van der Waals surface area contributed by atoms with Gasteiger partial charge in [0.1, 0.15) is 5.82 Å². The van der Waals surface area contributed by atoms with Gasteiger partial charge in [-0.2, -0.15) is 0 Å². The molecule has 0 fully saturated rings. The highest BCUT2D eigenvalue weighted by Gasteiger charge is 2.07. The first kappa shape index (κ1) is 11.4. The number of nitrogens with zero attached hydrogens (tertiary/aromatic N) is 2. The van der Waals surface area contributed by atoms with E-state index in [4.69, 9.17) is 5.73 Å². The van der Waals surface area contributed by atoms with Crippen LogP contribution in [0.15, 0.2) is 48.7 Å². The van der Waals surface area contributed by atoms with Gasteiger partial charge in [0.15, 0.2) is 5.82 Å². The molecule has 0 saturated carbocycles. The molecule has 0 radical (unpaired) electrons. The lowest BCUT2D eigenvalue weighted by Crippen LogP contribution is -1.98.